The molecule has 0 aromatic rings. The maximum atomic E-state index is 10.3. The lowest BCUT2D eigenvalue weighted by Gasteiger charge is -2.09. The highest BCUT2D eigenvalue weighted by molar-refractivity contribution is 6.34. The molecular weight excluding hydrogens is 118 g/mol. The van der Waals surface area contributed by atoms with Gasteiger partial charge in [0.1, 0.15) is 9.68 Å². The van der Waals surface area contributed by atoms with Crippen molar-refractivity contribution in [3.05, 3.63) is 0 Å². The Morgan fingerprint density at radius 1 is 1.62 bits per heavy atom. The summed E-state index contributed by atoms with van der Waals surface area (Å²) < 4.78 is 1.79. The highest BCUT2D eigenvalue weighted by Crippen LogP contribution is 1.75. The zero-order valence-electron chi connectivity index (χ0n) is 5.06. The molecule has 0 bridgehead atoms. The number of nitrogens with zero attached hydrogens (tertiary/aromatic N) is 1. The molecule has 0 aliphatic heterocycles. The average Bonchev–Trinajstić information content (AvgIpc) is 1.65. The van der Waals surface area contributed by atoms with Crippen LogP contribution in [0.1, 0.15) is 14.4 Å². The third-order valence-electron chi connectivity index (χ3n) is 1.01. The van der Waals surface area contributed by atoms with Gasteiger partial charge >= 0.3 is 0 Å². The Morgan fingerprint density at radius 2 is 2.00 bits per heavy atom. The molecule has 8 heavy (non-hydrogen) atoms. The van der Waals surface area contributed by atoms with Crippen molar-refractivity contribution in [3.8, 4) is 0 Å². The van der Waals surface area contributed by atoms with Crippen LogP contribution in [0.4, 0.5) is 0 Å². The molecule has 0 spiro atoms. The van der Waals surface area contributed by atoms with Gasteiger partial charge in [-0.05, 0) is 7.05 Å². The van der Waals surface area contributed by atoms with Crippen LogP contribution in [0.15, 0.2) is 0 Å². The fourth-order valence-corrected chi connectivity index (χ4v) is 0.668. The van der Waals surface area contributed by atoms with E-state index in [0.717, 1.165) is 0 Å². The Hall–Kier alpha value is -0.313. The minimum atomic E-state index is -0.225. The van der Waals surface area contributed by atoms with Crippen LogP contribution in [0.3, 0.4) is 0 Å². The first-order valence-corrected chi connectivity index (χ1v) is 4.44. The topological polar surface area (TPSA) is 20.3 Å². The summed E-state index contributed by atoms with van der Waals surface area (Å²) in [7, 11) is 1.62. The predicted octanol–water partition coefficient (Wildman–Crippen LogP) is 0.233. The minimum Gasteiger partial charge on any atom is -0.378 e. The van der Waals surface area contributed by atoms with Gasteiger partial charge < -0.3 is 4.57 Å². The number of carbonyl (C=O) groups is 1. The Balaban J connectivity index is 0. The molecule has 0 heterocycles. The van der Waals surface area contributed by atoms with Gasteiger partial charge in [0.15, 0.2) is 0 Å². The molecule has 0 fully saturated rings. The van der Waals surface area contributed by atoms with Crippen molar-refractivity contribution in [1.82, 2.24) is 4.57 Å². The molecule has 50 valence electrons. The lowest BCUT2D eigenvalue weighted by molar-refractivity contribution is -0.123. The molecule has 0 aliphatic rings. The van der Waals surface area contributed by atoms with Gasteiger partial charge in [-0.15, -0.1) is 0 Å². The van der Waals surface area contributed by atoms with E-state index in [0.29, 0.717) is 0 Å². The van der Waals surface area contributed by atoms with E-state index in [4.69, 9.17) is 0 Å². The first-order chi connectivity index (χ1) is 3.18. The predicted molar refractivity (Wildman–Crippen MR) is 39.6 cm³/mol. The summed E-state index contributed by atoms with van der Waals surface area (Å²) >= 11 is 0. The summed E-state index contributed by atoms with van der Waals surface area (Å²) in [6.07, 6.45) is 0. The van der Waals surface area contributed by atoms with E-state index >= 15 is 0 Å². The second-order valence-electron chi connectivity index (χ2n) is 1.53. The van der Waals surface area contributed by atoms with E-state index in [-0.39, 0.29) is 23.0 Å². The fourth-order valence-electron chi connectivity index (χ4n) is 0.223. The quantitative estimate of drug-likeness (QED) is 0.469. The van der Waals surface area contributed by atoms with Gasteiger partial charge in [-0.25, -0.2) is 0 Å². The van der Waals surface area contributed by atoms with Crippen molar-refractivity contribution in [2.75, 3.05) is 7.05 Å². The van der Waals surface area contributed by atoms with Crippen molar-refractivity contribution >= 4 is 15.6 Å². The second kappa shape index (κ2) is 4.84. The maximum Gasteiger partial charge on any atom is 0.210 e. The largest absolute Gasteiger partial charge is 0.378 e. The summed E-state index contributed by atoms with van der Waals surface area (Å²) in [6.45, 7) is 3.68. The highest BCUT2D eigenvalue weighted by atomic mass is 28.2. The van der Waals surface area contributed by atoms with Crippen LogP contribution in [-0.4, -0.2) is 27.2 Å². The molecule has 0 saturated heterocycles. The number of rotatable bonds is 1. The standard InChI is InChI=1S/C4H11NOSi.CH4/c1-4(6)5(2)7-3;/h7H2,1-3H3;1H4. The molecule has 0 atom stereocenters. The molecular formula is C5H15NOSi. The van der Waals surface area contributed by atoms with Crippen LogP contribution in [0.25, 0.3) is 0 Å². The molecule has 0 aliphatic carbocycles. The summed E-state index contributed by atoms with van der Waals surface area (Å²) in [5.41, 5.74) is 0. The number of hydrogen-bond donors (Lipinski definition) is 0. The van der Waals surface area contributed by atoms with Crippen LogP contribution < -0.4 is 0 Å². The van der Waals surface area contributed by atoms with E-state index in [1.54, 1.807) is 11.5 Å². The molecule has 0 aromatic heterocycles. The third-order valence-corrected chi connectivity index (χ3v) is 2.41. The number of hydrogen-bond acceptors (Lipinski definition) is 1. The van der Waals surface area contributed by atoms with Crippen molar-refractivity contribution in [3.63, 3.8) is 0 Å². The summed E-state index contributed by atoms with van der Waals surface area (Å²) in [4.78, 5) is 10.3. The van der Waals surface area contributed by atoms with Gasteiger partial charge in [0.2, 0.25) is 5.91 Å². The Labute approximate surface area is 53.8 Å². The zero-order chi connectivity index (χ0) is 5.86. The molecule has 0 unspecified atom stereocenters. The highest BCUT2D eigenvalue weighted by Gasteiger charge is 1.94. The van der Waals surface area contributed by atoms with Crippen molar-refractivity contribution in [2.45, 2.75) is 20.9 Å². The second-order valence-corrected chi connectivity index (χ2v) is 3.11. The Kier molecular flexibility index (Phi) is 6.43. The monoisotopic (exact) mass is 133 g/mol. The molecule has 1 amide bonds. The van der Waals surface area contributed by atoms with Gasteiger partial charge in [0, 0.05) is 6.92 Å². The van der Waals surface area contributed by atoms with E-state index in [2.05, 4.69) is 6.55 Å². The van der Waals surface area contributed by atoms with Gasteiger partial charge in [-0.3, -0.25) is 4.79 Å². The van der Waals surface area contributed by atoms with Gasteiger partial charge in [0.25, 0.3) is 0 Å². The molecule has 0 saturated carbocycles. The third kappa shape index (κ3) is 3.86. The van der Waals surface area contributed by atoms with Crippen LogP contribution >= 0.6 is 0 Å². The van der Waals surface area contributed by atoms with Crippen LogP contribution in [0.2, 0.25) is 6.55 Å². The maximum absolute atomic E-state index is 10.3. The number of amides is 1. The van der Waals surface area contributed by atoms with Crippen molar-refractivity contribution in [2.24, 2.45) is 0 Å². The first-order valence-electron chi connectivity index (χ1n) is 2.40. The van der Waals surface area contributed by atoms with E-state index in [1.165, 1.54) is 0 Å². The first kappa shape index (κ1) is 10.6. The van der Waals surface area contributed by atoms with E-state index < -0.39 is 0 Å². The molecule has 3 heteroatoms. The van der Waals surface area contributed by atoms with Gasteiger partial charge in [0.05, 0.1) is 0 Å². The van der Waals surface area contributed by atoms with Crippen molar-refractivity contribution < 1.29 is 4.79 Å². The average molecular weight is 133 g/mol. The normalized spacial score (nSPS) is 8.88. The summed E-state index contributed by atoms with van der Waals surface area (Å²) in [5.74, 6) is 0.189. The van der Waals surface area contributed by atoms with Crippen LogP contribution in [0.5, 0.6) is 0 Å². The molecule has 2 nitrogen and oxygen atoms in total. The lowest BCUT2D eigenvalue weighted by Crippen LogP contribution is -2.25. The molecule has 0 radical (unpaired) electrons. The van der Waals surface area contributed by atoms with E-state index in [9.17, 15) is 4.79 Å². The molecule has 0 rings (SSSR count). The summed E-state index contributed by atoms with van der Waals surface area (Å²) in [5, 5.41) is 0. The molecule has 0 aromatic carbocycles. The van der Waals surface area contributed by atoms with Crippen molar-refractivity contribution in [1.29, 1.82) is 0 Å². The fraction of sp³-hybridized carbons (Fsp3) is 0.800. The summed E-state index contributed by atoms with van der Waals surface area (Å²) in [6, 6.07) is 0. The SMILES string of the molecule is C.C[SiH2]N(C)C(C)=O. The van der Waals surface area contributed by atoms with E-state index in [1.807, 2.05) is 7.05 Å². The van der Waals surface area contributed by atoms with Gasteiger partial charge in [-0.2, -0.15) is 0 Å². The zero-order valence-corrected chi connectivity index (χ0v) is 6.48. The smallest absolute Gasteiger partial charge is 0.210 e. The van der Waals surface area contributed by atoms with Crippen LogP contribution in [0, 0.1) is 0 Å². The van der Waals surface area contributed by atoms with Crippen LogP contribution in [-0.2, 0) is 4.79 Å². The Morgan fingerprint density at radius 3 is 2.00 bits per heavy atom. The minimum absolute atomic E-state index is 0. The molecule has 0 N–H and O–H groups in total. The van der Waals surface area contributed by atoms with Gasteiger partial charge in [-0.1, -0.05) is 14.0 Å². The Bertz CT molecular complexity index is 74.8. The lowest BCUT2D eigenvalue weighted by atomic mass is 10.7. The number of carbonyl (C=O) groups excluding carboxylic acids is 1.